The zero-order valence-electron chi connectivity index (χ0n) is 64.6. The normalized spacial score (nSPS) is 14.7. The van der Waals surface area contributed by atoms with Gasteiger partial charge in [-0.05, 0) is 167 Å². The number of esters is 4. The molecule has 17 nitrogen and oxygen atoms in total. The summed E-state index contributed by atoms with van der Waals surface area (Å²) in [5.74, 6) is -2.29. The first-order valence-electron chi connectivity index (χ1n) is 39.7. The van der Waals surface area contributed by atoms with E-state index in [1.165, 1.54) is 38.5 Å². The number of hydrogen-bond donors (Lipinski definition) is 3. The first kappa shape index (κ1) is 98.7. The van der Waals surface area contributed by atoms with E-state index in [-0.39, 0.29) is 25.7 Å². The van der Waals surface area contributed by atoms with Crippen molar-refractivity contribution in [2.75, 3.05) is 39.6 Å². The van der Waals surface area contributed by atoms with Crippen LogP contribution in [0.5, 0.6) is 0 Å². The molecule has 0 heterocycles. The molecule has 0 bridgehead atoms. The summed E-state index contributed by atoms with van der Waals surface area (Å²) in [5.41, 5.74) is 0. The van der Waals surface area contributed by atoms with E-state index in [4.69, 9.17) is 37.0 Å². The number of ether oxygens (including phenoxy) is 4. The number of unbranched alkanes of at least 4 members (excludes halogenated alkanes) is 21. The van der Waals surface area contributed by atoms with Gasteiger partial charge >= 0.3 is 39.5 Å². The second kappa shape index (κ2) is 75.9. The molecule has 592 valence electrons. The van der Waals surface area contributed by atoms with Crippen molar-refractivity contribution in [2.24, 2.45) is 0 Å². The molecule has 0 aromatic rings. The highest BCUT2D eigenvalue weighted by atomic mass is 31.2. The highest BCUT2D eigenvalue weighted by Gasteiger charge is 2.30. The van der Waals surface area contributed by atoms with E-state index in [9.17, 15) is 43.2 Å². The summed E-state index contributed by atoms with van der Waals surface area (Å²) < 4.78 is 68.5. The van der Waals surface area contributed by atoms with Crippen molar-refractivity contribution in [3.8, 4) is 0 Å². The third kappa shape index (κ3) is 74.9. The van der Waals surface area contributed by atoms with Crippen LogP contribution in [0.4, 0.5) is 0 Å². The molecule has 104 heavy (non-hydrogen) atoms. The molecule has 0 saturated carbocycles. The van der Waals surface area contributed by atoms with Gasteiger partial charge < -0.3 is 33.8 Å². The maximum atomic E-state index is 13.1. The number of aliphatic hydroxyl groups is 1. The predicted molar refractivity (Wildman–Crippen MR) is 427 cm³/mol. The van der Waals surface area contributed by atoms with Crippen LogP contribution in [0.1, 0.15) is 297 Å². The molecule has 0 amide bonds. The average Bonchev–Trinajstić information content (AvgIpc) is 0.937. The molecule has 5 unspecified atom stereocenters. The van der Waals surface area contributed by atoms with Crippen LogP contribution >= 0.6 is 15.6 Å². The molecule has 0 aliphatic rings. The van der Waals surface area contributed by atoms with Gasteiger partial charge in [0, 0.05) is 25.7 Å². The van der Waals surface area contributed by atoms with Gasteiger partial charge in [0.15, 0.2) is 12.2 Å². The van der Waals surface area contributed by atoms with Crippen LogP contribution in [-0.4, -0.2) is 96.7 Å². The van der Waals surface area contributed by atoms with Crippen molar-refractivity contribution in [3.05, 3.63) is 158 Å². The van der Waals surface area contributed by atoms with Gasteiger partial charge in [-0.1, -0.05) is 263 Å². The Morgan fingerprint density at radius 2 is 0.500 bits per heavy atom. The monoisotopic (exact) mass is 1490 g/mol. The quantitative estimate of drug-likeness (QED) is 0.0169. The maximum absolute atomic E-state index is 13.1. The molecule has 0 fully saturated rings. The standard InChI is InChI=1S/C85H140O17P2/c1-5-9-13-17-21-25-29-33-37-39-43-45-49-53-57-61-65-69-82(87)95-75-80(101-84(89)71-67-63-59-55-51-47-41-35-31-27-23-19-15-11-7-3)77-99-103(91,92)97-73-79(86)74-98-104(93,94)100-78-81(102-85(90)72-68-64-60-56-52-48-42-36-32-28-24-20-16-12-8-4)76-96-83(88)70-66-62-58-54-50-46-44-40-38-34-30-26-22-18-14-10-6-2/h9-11,13-15,21-23,25-27,33-38,41-46,51,55,79-81,86H,5-8,12,16-20,24,28-32,39-40,47-50,52-54,56-78H2,1-4H3,(H,91,92)(H,93,94)/b13-9-,14-10-,15-11-,25-21-,26-22-,27-23-,37-33-,38-34-,41-35-,42-36-,45-43-,46-44-,55-51-. The van der Waals surface area contributed by atoms with E-state index in [1.807, 2.05) is 0 Å². The van der Waals surface area contributed by atoms with E-state index in [2.05, 4.69) is 186 Å². The SMILES string of the molecule is CC/C=C\C/C=C\C/C=C\C/C=C\CCCCCCC(=O)OCC(COP(=O)(O)OCC(O)COP(=O)(O)OCC(COC(=O)CCCCCC/C=C\C/C=C\C/C=C\C/C=C\CC)OC(=O)CCCCCCC/C=C\CCCCCCCC)OC(=O)CCCC/C=C\C/C=C\C/C=C\C/C=C\CC. The first-order valence-corrected chi connectivity index (χ1v) is 42.7. The molecule has 0 rings (SSSR count). The third-order valence-corrected chi connectivity index (χ3v) is 17.9. The van der Waals surface area contributed by atoms with Gasteiger partial charge in [0.25, 0.3) is 0 Å². The summed E-state index contributed by atoms with van der Waals surface area (Å²) in [4.78, 5) is 73.0. The van der Waals surface area contributed by atoms with Gasteiger partial charge in [0.2, 0.25) is 0 Å². The minimum atomic E-state index is -5.00. The Balaban J connectivity index is 5.46. The van der Waals surface area contributed by atoms with Gasteiger partial charge in [-0.3, -0.25) is 37.3 Å². The molecular weight excluding hydrogens is 1350 g/mol. The third-order valence-electron chi connectivity index (χ3n) is 16.0. The number of aliphatic hydroxyl groups excluding tert-OH is 1. The van der Waals surface area contributed by atoms with Crippen molar-refractivity contribution < 1.29 is 80.2 Å². The Kier molecular flexibility index (Phi) is 72.0. The zero-order chi connectivity index (χ0) is 76.0. The highest BCUT2D eigenvalue weighted by molar-refractivity contribution is 7.47. The van der Waals surface area contributed by atoms with E-state index >= 15 is 0 Å². The van der Waals surface area contributed by atoms with Crippen LogP contribution in [0.15, 0.2) is 158 Å². The van der Waals surface area contributed by atoms with E-state index in [1.54, 1.807) is 0 Å². The number of phosphoric ester groups is 2. The summed E-state index contributed by atoms with van der Waals surface area (Å²) in [7, 11) is -10.00. The van der Waals surface area contributed by atoms with Crippen LogP contribution in [0.25, 0.3) is 0 Å². The lowest BCUT2D eigenvalue weighted by molar-refractivity contribution is -0.161. The van der Waals surface area contributed by atoms with Crippen molar-refractivity contribution >= 4 is 39.5 Å². The van der Waals surface area contributed by atoms with Crippen molar-refractivity contribution in [3.63, 3.8) is 0 Å². The minimum absolute atomic E-state index is 0.0312. The second-order valence-electron chi connectivity index (χ2n) is 25.9. The van der Waals surface area contributed by atoms with Crippen LogP contribution in [0.3, 0.4) is 0 Å². The molecule has 3 N–H and O–H groups in total. The number of allylic oxidation sites excluding steroid dienone is 26. The fraction of sp³-hybridized carbons (Fsp3) is 0.647. The van der Waals surface area contributed by atoms with Crippen molar-refractivity contribution in [1.29, 1.82) is 0 Å². The number of rotatable bonds is 73. The van der Waals surface area contributed by atoms with E-state index in [0.29, 0.717) is 32.1 Å². The fourth-order valence-corrected chi connectivity index (χ4v) is 11.6. The van der Waals surface area contributed by atoms with Gasteiger partial charge in [-0.25, -0.2) is 9.13 Å². The zero-order valence-corrected chi connectivity index (χ0v) is 66.4. The lowest BCUT2D eigenvalue weighted by atomic mass is 10.1. The molecule has 0 spiro atoms. The maximum Gasteiger partial charge on any atom is 0.472 e. The molecule has 0 radical (unpaired) electrons. The summed E-state index contributed by atoms with van der Waals surface area (Å²) in [6, 6.07) is 0. The Morgan fingerprint density at radius 1 is 0.279 bits per heavy atom. The molecular formula is C85H140O17P2. The highest BCUT2D eigenvalue weighted by Crippen LogP contribution is 2.45. The van der Waals surface area contributed by atoms with Gasteiger partial charge in [0.1, 0.15) is 19.3 Å². The lowest BCUT2D eigenvalue weighted by Gasteiger charge is -2.21. The summed E-state index contributed by atoms with van der Waals surface area (Å²) in [6.07, 6.45) is 88.0. The molecule has 0 aliphatic heterocycles. The Hall–Kier alpha value is -5.32. The summed E-state index contributed by atoms with van der Waals surface area (Å²) in [5, 5.41) is 10.6. The number of carbonyl (C=O) groups excluding carboxylic acids is 4. The fourth-order valence-electron chi connectivity index (χ4n) is 10.0. The molecule has 19 heteroatoms. The topological polar surface area (TPSA) is 237 Å². The largest absolute Gasteiger partial charge is 0.472 e. The van der Waals surface area contributed by atoms with E-state index in [0.717, 1.165) is 173 Å². The van der Waals surface area contributed by atoms with E-state index < -0.39 is 97.5 Å². The lowest BCUT2D eigenvalue weighted by Crippen LogP contribution is -2.30. The van der Waals surface area contributed by atoms with Crippen LogP contribution < -0.4 is 0 Å². The minimum Gasteiger partial charge on any atom is -0.462 e. The number of phosphoric acid groups is 2. The molecule has 0 aromatic heterocycles. The Bertz CT molecular complexity index is 2590. The van der Waals surface area contributed by atoms with Gasteiger partial charge in [0.05, 0.1) is 26.4 Å². The van der Waals surface area contributed by atoms with Gasteiger partial charge in [-0.2, -0.15) is 0 Å². The Labute approximate surface area is 629 Å². The number of carbonyl (C=O) groups is 4. The van der Waals surface area contributed by atoms with Crippen LogP contribution in [-0.2, 0) is 65.4 Å². The smallest absolute Gasteiger partial charge is 0.462 e. The van der Waals surface area contributed by atoms with Gasteiger partial charge in [-0.15, -0.1) is 0 Å². The molecule has 0 saturated heterocycles. The molecule has 0 aromatic carbocycles. The summed E-state index contributed by atoms with van der Waals surface area (Å²) in [6.45, 7) is 4.41. The van der Waals surface area contributed by atoms with Crippen molar-refractivity contribution in [2.45, 2.75) is 316 Å². The van der Waals surface area contributed by atoms with Crippen molar-refractivity contribution in [1.82, 2.24) is 0 Å². The van der Waals surface area contributed by atoms with Crippen LogP contribution in [0, 0.1) is 0 Å². The van der Waals surface area contributed by atoms with Crippen LogP contribution in [0.2, 0.25) is 0 Å². The summed E-state index contributed by atoms with van der Waals surface area (Å²) >= 11 is 0. The predicted octanol–water partition coefficient (Wildman–Crippen LogP) is 23.2. The molecule has 5 atom stereocenters. The molecule has 0 aliphatic carbocycles. The second-order valence-corrected chi connectivity index (χ2v) is 28.8. The number of hydrogen-bond acceptors (Lipinski definition) is 15. The Morgan fingerprint density at radius 3 is 0.798 bits per heavy atom. The first-order chi connectivity index (χ1) is 50.7. The average molecular weight is 1500 g/mol.